The summed E-state index contributed by atoms with van der Waals surface area (Å²) in [6.45, 7) is 1.99. The van der Waals surface area contributed by atoms with Gasteiger partial charge in [-0.3, -0.25) is 4.72 Å². The molecule has 5 nitrogen and oxygen atoms in total. The van der Waals surface area contributed by atoms with Gasteiger partial charge in [-0.1, -0.05) is 36.4 Å². The molecule has 4 aromatic rings. The molecule has 1 aliphatic rings. The SMILES string of the molecule is Cc1cc(-c2cc3ccccc3c3c2C=CCC3)n(-c2ccc(NS(C)(=O)=O)cc2)n1. The Morgan fingerprint density at radius 3 is 2.58 bits per heavy atom. The van der Waals surface area contributed by atoms with Gasteiger partial charge in [0.05, 0.1) is 23.3 Å². The summed E-state index contributed by atoms with van der Waals surface area (Å²) in [6, 6.07) is 20.2. The van der Waals surface area contributed by atoms with Crippen molar-refractivity contribution in [2.75, 3.05) is 11.0 Å². The standard InChI is InChI=1S/C25H23N3O2S/c1-17-15-25(28(26-17)20-13-11-19(12-14-20)27-31(2,29)30)24-16-18-7-3-4-8-21(18)22-9-5-6-10-23(22)24/h3-4,6-8,10-16,27H,5,9H2,1-2H3. The van der Waals surface area contributed by atoms with Crippen LogP contribution in [0.25, 0.3) is 33.8 Å². The lowest BCUT2D eigenvalue weighted by atomic mass is 9.87. The normalized spacial score (nSPS) is 13.4. The third-order valence-electron chi connectivity index (χ3n) is 5.57. The zero-order chi connectivity index (χ0) is 21.6. The maximum atomic E-state index is 11.5. The Morgan fingerprint density at radius 1 is 1.03 bits per heavy atom. The van der Waals surface area contributed by atoms with Crippen LogP contribution in [0, 0.1) is 6.92 Å². The van der Waals surface area contributed by atoms with E-state index in [0.29, 0.717) is 5.69 Å². The van der Waals surface area contributed by atoms with E-state index in [1.165, 1.54) is 21.9 Å². The number of rotatable bonds is 4. The van der Waals surface area contributed by atoms with Crippen molar-refractivity contribution in [1.82, 2.24) is 9.78 Å². The summed E-state index contributed by atoms with van der Waals surface area (Å²) < 4.78 is 27.5. The Balaban J connectivity index is 1.67. The predicted molar refractivity (Wildman–Crippen MR) is 127 cm³/mol. The fourth-order valence-corrected chi connectivity index (χ4v) is 4.88. The summed E-state index contributed by atoms with van der Waals surface area (Å²) in [6.07, 6.45) is 7.69. The number of benzene rings is 3. The summed E-state index contributed by atoms with van der Waals surface area (Å²) >= 11 is 0. The number of anilines is 1. The minimum Gasteiger partial charge on any atom is -0.284 e. The molecule has 0 saturated heterocycles. The van der Waals surface area contributed by atoms with Crippen LogP contribution in [0.1, 0.15) is 23.2 Å². The molecule has 31 heavy (non-hydrogen) atoms. The first-order chi connectivity index (χ1) is 14.9. The van der Waals surface area contributed by atoms with Gasteiger partial charge in [0.1, 0.15) is 0 Å². The number of fused-ring (bicyclic) bond motifs is 3. The maximum Gasteiger partial charge on any atom is 0.229 e. The first-order valence-corrected chi connectivity index (χ1v) is 12.1. The van der Waals surface area contributed by atoms with E-state index in [-0.39, 0.29) is 0 Å². The highest BCUT2D eigenvalue weighted by molar-refractivity contribution is 7.92. The fraction of sp³-hybridized carbons (Fsp3) is 0.160. The molecule has 0 bridgehead atoms. The highest BCUT2D eigenvalue weighted by Crippen LogP contribution is 2.37. The number of nitrogens with zero attached hydrogens (tertiary/aromatic N) is 2. The number of hydrogen-bond donors (Lipinski definition) is 1. The Labute approximate surface area is 182 Å². The van der Waals surface area contributed by atoms with Crippen LogP contribution in [0.5, 0.6) is 0 Å². The van der Waals surface area contributed by atoms with Crippen molar-refractivity contribution in [3.8, 4) is 16.9 Å². The van der Waals surface area contributed by atoms with E-state index in [1.54, 1.807) is 12.1 Å². The lowest BCUT2D eigenvalue weighted by molar-refractivity contribution is 0.607. The number of aryl methyl sites for hydroxylation is 2. The van der Waals surface area contributed by atoms with E-state index < -0.39 is 10.0 Å². The van der Waals surface area contributed by atoms with Gasteiger partial charge in [-0.05, 0) is 78.1 Å². The van der Waals surface area contributed by atoms with Crippen molar-refractivity contribution in [3.63, 3.8) is 0 Å². The number of allylic oxidation sites excluding steroid dienone is 1. The van der Waals surface area contributed by atoms with Crippen molar-refractivity contribution < 1.29 is 8.42 Å². The molecule has 1 aromatic heterocycles. The number of nitrogens with one attached hydrogen (secondary N) is 1. The zero-order valence-corrected chi connectivity index (χ0v) is 18.3. The van der Waals surface area contributed by atoms with Gasteiger partial charge in [0, 0.05) is 11.3 Å². The van der Waals surface area contributed by atoms with Crippen LogP contribution in [0.2, 0.25) is 0 Å². The monoisotopic (exact) mass is 429 g/mol. The van der Waals surface area contributed by atoms with Crippen LogP contribution in [0.4, 0.5) is 5.69 Å². The molecule has 1 aliphatic carbocycles. The second-order valence-electron chi connectivity index (χ2n) is 7.98. The average Bonchev–Trinajstić information content (AvgIpc) is 3.14. The van der Waals surface area contributed by atoms with Crippen LogP contribution in [-0.4, -0.2) is 24.5 Å². The summed E-state index contributed by atoms with van der Waals surface area (Å²) in [5.41, 5.74) is 7.15. The van der Waals surface area contributed by atoms with E-state index in [9.17, 15) is 8.42 Å². The van der Waals surface area contributed by atoms with E-state index in [0.717, 1.165) is 41.7 Å². The van der Waals surface area contributed by atoms with Crippen LogP contribution >= 0.6 is 0 Å². The summed E-state index contributed by atoms with van der Waals surface area (Å²) in [5.74, 6) is 0. The molecule has 5 rings (SSSR count). The van der Waals surface area contributed by atoms with Crippen LogP contribution in [0.3, 0.4) is 0 Å². The number of sulfonamides is 1. The quantitative estimate of drug-likeness (QED) is 0.477. The smallest absolute Gasteiger partial charge is 0.229 e. The van der Waals surface area contributed by atoms with E-state index in [1.807, 2.05) is 23.7 Å². The second kappa shape index (κ2) is 7.39. The molecular formula is C25H23N3O2S. The minimum atomic E-state index is -3.31. The van der Waals surface area contributed by atoms with Crippen molar-refractivity contribution in [2.24, 2.45) is 0 Å². The molecule has 0 radical (unpaired) electrons. The van der Waals surface area contributed by atoms with Gasteiger partial charge in [0.2, 0.25) is 10.0 Å². The topological polar surface area (TPSA) is 64.0 Å². The molecule has 0 aliphatic heterocycles. The van der Waals surface area contributed by atoms with Gasteiger partial charge < -0.3 is 0 Å². The lowest BCUT2D eigenvalue weighted by Gasteiger charge is -2.19. The van der Waals surface area contributed by atoms with Crippen molar-refractivity contribution >= 4 is 32.6 Å². The summed E-state index contributed by atoms with van der Waals surface area (Å²) in [4.78, 5) is 0. The highest BCUT2D eigenvalue weighted by atomic mass is 32.2. The molecule has 0 amide bonds. The van der Waals surface area contributed by atoms with Gasteiger partial charge >= 0.3 is 0 Å². The molecule has 156 valence electrons. The molecule has 3 aromatic carbocycles. The van der Waals surface area contributed by atoms with Crippen molar-refractivity contribution in [2.45, 2.75) is 19.8 Å². The van der Waals surface area contributed by atoms with Crippen molar-refractivity contribution in [3.05, 3.63) is 83.6 Å². The van der Waals surface area contributed by atoms with Crippen LogP contribution < -0.4 is 4.72 Å². The molecule has 1 heterocycles. The van der Waals surface area contributed by atoms with E-state index >= 15 is 0 Å². The van der Waals surface area contributed by atoms with Gasteiger partial charge in [0.15, 0.2) is 0 Å². The first-order valence-electron chi connectivity index (χ1n) is 10.3. The molecule has 1 N–H and O–H groups in total. The van der Waals surface area contributed by atoms with E-state index in [4.69, 9.17) is 5.10 Å². The predicted octanol–water partition coefficient (Wildman–Crippen LogP) is 5.33. The van der Waals surface area contributed by atoms with Gasteiger partial charge in [-0.15, -0.1) is 0 Å². The van der Waals surface area contributed by atoms with E-state index in [2.05, 4.69) is 53.3 Å². The lowest BCUT2D eigenvalue weighted by Crippen LogP contribution is -2.09. The Bertz CT molecular complexity index is 1430. The third kappa shape index (κ3) is 3.75. The molecule has 0 spiro atoms. The Hall–Kier alpha value is -3.38. The highest BCUT2D eigenvalue weighted by Gasteiger charge is 2.19. The van der Waals surface area contributed by atoms with Gasteiger partial charge in [-0.25, -0.2) is 13.1 Å². The first kappa shape index (κ1) is 19.6. The summed E-state index contributed by atoms with van der Waals surface area (Å²) in [5, 5.41) is 7.28. The van der Waals surface area contributed by atoms with Crippen LogP contribution in [0.15, 0.2) is 66.7 Å². The zero-order valence-electron chi connectivity index (χ0n) is 17.5. The molecule has 0 saturated carbocycles. The number of aromatic nitrogens is 2. The average molecular weight is 430 g/mol. The molecule has 6 heteroatoms. The summed E-state index contributed by atoms with van der Waals surface area (Å²) in [7, 11) is -3.31. The Kier molecular flexibility index (Phi) is 4.67. The molecular weight excluding hydrogens is 406 g/mol. The van der Waals surface area contributed by atoms with Gasteiger partial charge in [0.25, 0.3) is 0 Å². The number of hydrogen-bond acceptors (Lipinski definition) is 3. The fourth-order valence-electron chi connectivity index (χ4n) is 4.31. The molecule has 0 unspecified atom stereocenters. The maximum absolute atomic E-state index is 11.5. The second-order valence-corrected chi connectivity index (χ2v) is 9.73. The minimum absolute atomic E-state index is 0.530. The van der Waals surface area contributed by atoms with Crippen molar-refractivity contribution in [1.29, 1.82) is 0 Å². The third-order valence-corrected chi connectivity index (χ3v) is 6.18. The Morgan fingerprint density at radius 2 is 1.81 bits per heavy atom. The largest absolute Gasteiger partial charge is 0.284 e. The molecule has 0 fully saturated rings. The van der Waals surface area contributed by atoms with Crippen LogP contribution in [-0.2, 0) is 16.4 Å². The molecule has 0 atom stereocenters. The van der Waals surface area contributed by atoms with Gasteiger partial charge in [-0.2, -0.15) is 5.10 Å².